The van der Waals surface area contributed by atoms with Gasteiger partial charge in [-0.15, -0.1) is 11.3 Å². The Labute approximate surface area is 164 Å². The lowest BCUT2D eigenvalue weighted by atomic mass is 10.1. The Kier molecular flexibility index (Phi) is 4.56. The second kappa shape index (κ2) is 7.05. The first-order valence-electron chi connectivity index (χ1n) is 8.78. The molecule has 1 atom stereocenters. The van der Waals surface area contributed by atoms with Crippen molar-refractivity contribution in [2.45, 2.75) is 19.4 Å². The fourth-order valence-electron chi connectivity index (χ4n) is 3.41. The van der Waals surface area contributed by atoms with Crippen LogP contribution in [0.15, 0.2) is 41.8 Å². The SMILES string of the molecule is C[C@@H](C(=O)NCCc1nc(C(=O)O)cs1)N1C(=O)c2cccc3cccc1c23. The van der Waals surface area contributed by atoms with E-state index >= 15 is 0 Å². The molecule has 1 aliphatic heterocycles. The largest absolute Gasteiger partial charge is 0.476 e. The fraction of sp³-hybridized carbons (Fsp3) is 0.200. The highest BCUT2D eigenvalue weighted by Gasteiger charge is 2.35. The summed E-state index contributed by atoms with van der Waals surface area (Å²) in [5.74, 6) is -1.52. The van der Waals surface area contributed by atoms with Crippen LogP contribution in [-0.4, -0.2) is 40.5 Å². The Morgan fingerprint density at radius 2 is 2.00 bits per heavy atom. The average molecular weight is 395 g/mol. The standard InChI is InChI=1S/C20H17N3O4S/c1-11(18(24)21-9-8-16-22-14(10-28-16)20(26)27)23-15-7-3-5-12-4-2-6-13(17(12)15)19(23)25/h2-7,10-11H,8-9H2,1H3,(H,21,24)(H,26,27)/t11-/m0/s1. The van der Waals surface area contributed by atoms with Crippen molar-refractivity contribution in [1.29, 1.82) is 0 Å². The highest BCUT2D eigenvalue weighted by Crippen LogP contribution is 2.38. The molecule has 1 aliphatic rings. The number of carbonyl (C=O) groups excluding carboxylic acids is 2. The molecule has 0 saturated carbocycles. The molecule has 0 saturated heterocycles. The van der Waals surface area contributed by atoms with Gasteiger partial charge in [0.25, 0.3) is 5.91 Å². The zero-order chi connectivity index (χ0) is 19.8. The number of benzene rings is 2. The molecule has 142 valence electrons. The van der Waals surface area contributed by atoms with Crippen molar-refractivity contribution in [3.8, 4) is 0 Å². The summed E-state index contributed by atoms with van der Waals surface area (Å²) in [4.78, 5) is 41.9. The molecule has 2 N–H and O–H groups in total. The molecule has 28 heavy (non-hydrogen) atoms. The Morgan fingerprint density at radius 1 is 1.25 bits per heavy atom. The highest BCUT2D eigenvalue weighted by atomic mass is 32.1. The summed E-state index contributed by atoms with van der Waals surface area (Å²) in [6, 6.07) is 10.6. The number of nitrogens with zero attached hydrogens (tertiary/aromatic N) is 2. The molecule has 2 amide bonds. The van der Waals surface area contributed by atoms with Gasteiger partial charge >= 0.3 is 5.97 Å². The molecule has 0 spiro atoms. The number of nitrogens with one attached hydrogen (secondary N) is 1. The minimum Gasteiger partial charge on any atom is -0.476 e. The first-order valence-corrected chi connectivity index (χ1v) is 9.66. The van der Waals surface area contributed by atoms with Gasteiger partial charge in [0, 0.05) is 29.3 Å². The van der Waals surface area contributed by atoms with Crippen LogP contribution in [0.3, 0.4) is 0 Å². The smallest absolute Gasteiger partial charge is 0.355 e. The highest BCUT2D eigenvalue weighted by molar-refractivity contribution is 7.09. The second-order valence-electron chi connectivity index (χ2n) is 6.50. The van der Waals surface area contributed by atoms with Gasteiger partial charge < -0.3 is 10.4 Å². The lowest BCUT2D eigenvalue weighted by Gasteiger charge is -2.24. The van der Waals surface area contributed by atoms with E-state index in [1.807, 2.05) is 30.3 Å². The van der Waals surface area contributed by atoms with Crippen molar-refractivity contribution >= 4 is 45.6 Å². The molecule has 3 aromatic rings. The van der Waals surface area contributed by atoms with Gasteiger partial charge in [0.2, 0.25) is 5.91 Å². The molecule has 1 aromatic heterocycles. The summed E-state index contributed by atoms with van der Waals surface area (Å²) in [6.45, 7) is 2.01. The van der Waals surface area contributed by atoms with Gasteiger partial charge in [0.15, 0.2) is 5.69 Å². The molecule has 8 heteroatoms. The summed E-state index contributed by atoms with van der Waals surface area (Å²) in [7, 11) is 0. The molecule has 7 nitrogen and oxygen atoms in total. The van der Waals surface area contributed by atoms with Crippen molar-refractivity contribution in [1.82, 2.24) is 10.3 Å². The van der Waals surface area contributed by atoms with E-state index in [-0.39, 0.29) is 17.5 Å². The number of carboxylic acids is 1. The van der Waals surface area contributed by atoms with E-state index in [0.717, 1.165) is 16.5 Å². The first-order chi connectivity index (χ1) is 13.5. The average Bonchev–Trinajstić information content (AvgIpc) is 3.27. The molecule has 0 bridgehead atoms. The summed E-state index contributed by atoms with van der Waals surface area (Å²) in [5, 5.41) is 15.7. The Bertz CT molecular complexity index is 1100. The predicted octanol–water partition coefficient (Wildman–Crippen LogP) is 2.70. The van der Waals surface area contributed by atoms with E-state index in [1.165, 1.54) is 21.6 Å². The van der Waals surface area contributed by atoms with Crippen LogP contribution in [0.4, 0.5) is 5.69 Å². The van der Waals surface area contributed by atoms with E-state index < -0.39 is 12.0 Å². The molecule has 4 rings (SSSR count). The van der Waals surface area contributed by atoms with Crippen LogP contribution in [-0.2, 0) is 11.2 Å². The molecule has 0 aliphatic carbocycles. The molecular formula is C20H17N3O4S. The minimum absolute atomic E-state index is 0.00761. The molecule has 2 heterocycles. The number of hydrogen-bond acceptors (Lipinski definition) is 5. The van der Waals surface area contributed by atoms with Crippen LogP contribution in [0, 0.1) is 0 Å². The zero-order valence-electron chi connectivity index (χ0n) is 15.0. The first kappa shape index (κ1) is 18.1. The fourth-order valence-corrected chi connectivity index (χ4v) is 4.18. The topological polar surface area (TPSA) is 99.6 Å². The van der Waals surface area contributed by atoms with Gasteiger partial charge in [-0.1, -0.05) is 24.3 Å². The Hall–Kier alpha value is -3.26. The lowest BCUT2D eigenvalue weighted by molar-refractivity contribution is -0.121. The number of anilines is 1. The van der Waals surface area contributed by atoms with Crippen LogP contribution >= 0.6 is 11.3 Å². The van der Waals surface area contributed by atoms with Crippen molar-refractivity contribution in [2.75, 3.05) is 11.4 Å². The van der Waals surface area contributed by atoms with Gasteiger partial charge in [0.05, 0.1) is 10.7 Å². The van der Waals surface area contributed by atoms with E-state index in [0.29, 0.717) is 23.5 Å². The Balaban J connectivity index is 1.45. The quantitative estimate of drug-likeness (QED) is 0.669. The van der Waals surface area contributed by atoms with E-state index in [9.17, 15) is 14.4 Å². The van der Waals surface area contributed by atoms with E-state index in [2.05, 4.69) is 10.3 Å². The number of carbonyl (C=O) groups is 3. The Morgan fingerprint density at radius 3 is 2.71 bits per heavy atom. The van der Waals surface area contributed by atoms with Gasteiger partial charge in [0.1, 0.15) is 6.04 Å². The van der Waals surface area contributed by atoms with Gasteiger partial charge in [-0.3, -0.25) is 14.5 Å². The maximum Gasteiger partial charge on any atom is 0.355 e. The molecule has 0 radical (unpaired) electrons. The van der Waals surface area contributed by atoms with Crippen molar-refractivity contribution < 1.29 is 19.5 Å². The normalized spacial score (nSPS) is 13.8. The number of aromatic carboxylic acids is 1. The molecule has 2 aromatic carbocycles. The van der Waals surface area contributed by atoms with Crippen LogP contribution in [0.2, 0.25) is 0 Å². The molecular weight excluding hydrogens is 378 g/mol. The number of carboxylic acid groups (broad SMARTS) is 1. The van der Waals surface area contributed by atoms with Gasteiger partial charge in [-0.25, -0.2) is 9.78 Å². The summed E-state index contributed by atoms with van der Waals surface area (Å²) in [6.07, 6.45) is 0.431. The maximum absolute atomic E-state index is 12.9. The van der Waals surface area contributed by atoms with Crippen LogP contribution < -0.4 is 10.2 Å². The summed E-state index contributed by atoms with van der Waals surface area (Å²) < 4.78 is 0. The number of rotatable bonds is 6. The van der Waals surface area contributed by atoms with Crippen molar-refractivity contribution in [3.63, 3.8) is 0 Å². The number of aromatic nitrogens is 1. The van der Waals surface area contributed by atoms with Crippen LogP contribution in [0.5, 0.6) is 0 Å². The third-order valence-corrected chi connectivity index (χ3v) is 5.68. The third-order valence-electron chi connectivity index (χ3n) is 4.77. The van der Waals surface area contributed by atoms with E-state index in [1.54, 1.807) is 13.0 Å². The van der Waals surface area contributed by atoms with Crippen molar-refractivity contribution in [2.24, 2.45) is 0 Å². The van der Waals surface area contributed by atoms with Crippen LogP contribution in [0.25, 0.3) is 10.8 Å². The molecule has 0 fully saturated rings. The minimum atomic E-state index is -1.07. The van der Waals surface area contributed by atoms with E-state index in [4.69, 9.17) is 5.11 Å². The van der Waals surface area contributed by atoms with Gasteiger partial charge in [-0.2, -0.15) is 0 Å². The maximum atomic E-state index is 12.9. The summed E-state index contributed by atoms with van der Waals surface area (Å²) in [5.41, 5.74) is 1.36. The second-order valence-corrected chi connectivity index (χ2v) is 7.45. The number of thiazole rings is 1. The van der Waals surface area contributed by atoms with Crippen LogP contribution in [0.1, 0.15) is 32.8 Å². The molecule has 0 unspecified atom stereocenters. The third kappa shape index (κ3) is 3.01. The number of amides is 2. The monoisotopic (exact) mass is 395 g/mol. The predicted molar refractivity (Wildman–Crippen MR) is 106 cm³/mol. The number of hydrogen-bond donors (Lipinski definition) is 2. The van der Waals surface area contributed by atoms with Crippen molar-refractivity contribution in [3.05, 3.63) is 58.0 Å². The van der Waals surface area contributed by atoms with Gasteiger partial charge in [-0.05, 0) is 24.4 Å². The zero-order valence-corrected chi connectivity index (χ0v) is 15.8. The lowest BCUT2D eigenvalue weighted by Crippen LogP contribution is -2.47. The summed E-state index contributed by atoms with van der Waals surface area (Å²) >= 11 is 1.24.